The zero-order valence-corrected chi connectivity index (χ0v) is 10.4. The van der Waals surface area contributed by atoms with Crippen molar-refractivity contribution in [3.05, 3.63) is 40.2 Å². The van der Waals surface area contributed by atoms with Gasteiger partial charge < -0.3 is 16.4 Å². The van der Waals surface area contributed by atoms with E-state index in [9.17, 15) is 14.5 Å². The highest BCUT2D eigenvalue weighted by Crippen LogP contribution is 2.29. The molecule has 1 aromatic heterocycles. The summed E-state index contributed by atoms with van der Waals surface area (Å²) in [7, 11) is 1.46. The number of nitro groups is 1. The van der Waals surface area contributed by atoms with Crippen LogP contribution in [0.1, 0.15) is 0 Å². The van der Waals surface area contributed by atoms with E-state index in [2.05, 4.69) is 20.6 Å². The number of nitrogens with zero attached hydrogens (tertiary/aromatic N) is 3. The first-order valence-electron chi connectivity index (χ1n) is 5.54. The predicted molar refractivity (Wildman–Crippen MR) is 72.3 cm³/mol. The Labute approximate surface area is 113 Å². The average Bonchev–Trinajstić information content (AvgIpc) is 2.40. The number of aromatic nitrogens is 2. The van der Waals surface area contributed by atoms with Gasteiger partial charge in [-0.1, -0.05) is 12.1 Å². The first-order valence-corrected chi connectivity index (χ1v) is 5.54. The maximum atomic E-state index is 13.5. The Morgan fingerprint density at radius 1 is 1.35 bits per heavy atom. The first kappa shape index (κ1) is 13.5. The number of hydrogen-bond donors (Lipinski definition) is 3. The zero-order chi connectivity index (χ0) is 14.7. The van der Waals surface area contributed by atoms with Gasteiger partial charge in [0.1, 0.15) is 5.82 Å². The minimum atomic E-state index is -0.686. The lowest BCUT2D eigenvalue weighted by molar-refractivity contribution is -0.383. The van der Waals surface area contributed by atoms with E-state index in [1.165, 1.54) is 25.2 Å². The van der Waals surface area contributed by atoms with Crippen LogP contribution in [-0.4, -0.2) is 21.9 Å². The standard InChI is InChI=1S/C11H11FN6O2/c1-14-10-8(18(19)20)9(13)16-11(17-10)15-7-5-3-2-4-6(7)12/h2-5H,1H3,(H4,13,14,15,16,17). The Balaban J connectivity index is 2.42. The minimum absolute atomic E-state index is 0.0393. The van der Waals surface area contributed by atoms with Gasteiger partial charge in [-0.25, -0.2) is 4.39 Å². The third kappa shape index (κ3) is 2.55. The number of rotatable bonds is 4. The number of anilines is 4. The lowest BCUT2D eigenvalue weighted by Crippen LogP contribution is -2.09. The fraction of sp³-hybridized carbons (Fsp3) is 0.0909. The average molecular weight is 278 g/mol. The first-order chi connectivity index (χ1) is 9.52. The summed E-state index contributed by atoms with van der Waals surface area (Å²) in [5.41, 5.74) is 5.24. The molecule has 0 spiro atoms. The van der Waals surface area contributed by atoms with Crippen LogP contribution in [0.15, 0.2) is 24.3 Å². The van der Waals surface area contributed by atoms with Crippen molar-refractivity contribution < 1.29 is 9.31 Å². The highest BCUT2D eigenvalue weighted by Gasteiger charge is 2.22. The summed E-state index contributed by atoms with van der Waals surface area (Å²) in [4.78, 5) is 17.8. The van der Waals surface area contributed by atoms with Crippen molar-refractivity contribution in [2.75, 3.05) is 23.4 Å². The number of nitrogen functional groups attached to an aromatic ring is 1. The van der Waals surface area contributed by atoms with Crippen molar-refractivity contribution in [3.63, 3.8) is 0 Å². The van der Waals surface area contributed by atoms with Crippen LogP contribution in [0.5, 0.6) is 0 Å². The molecule has 1 aromatic carbocycles. The van der Waals surface area contributed by atoms with Gasteiger partial charge in [0.25, 0.3) is 0 Å². The third-order valence-electron chi connectivity index (χ3n) is 2.45. The fourth-order valence-electron chi connectivity index (χ4n) is 1.57. The molecule has 4 N–H and O–H groups in total. The van der Waals surface area contributed by atoms with Gasteiger partial charge in [0.2, 0.25) is 17.6 Å². The van der Waals surface area contributed by atoms with Crippen LogP contribution in [0.3, 0.4) is 0 Å². The zero-order valence-electron chi connectivity index (χ0n) is 10.4. The lowest BCUT2D eigenvalue weighted by Gasteiger charge is -2.09. The van der Waals surface area contributed by atoms with E-state index in [1.807, 2.05) is 0 Å². The van der Waals surface area contributed by atoms with Crippen LogP contribution in [-0.2, 0) is 0 Å². The monoisotopic (exact) mass is 278 g/mol. The summed E-state index contributed by atoms with van der Waals surface area (Å²) in [6.07, 6.45) is 0. The predicted octanol–water partition coefficient (Wildman–Crippen LogP) is 1.89. The van der Waals surface area contributed by atoms with Gasteiger partial charge in [-0.3, -0.25) is 10.1 Å². The topological polar surface area (TPSA) is 119 Å². The summed E-state index contributed by atoms with van der Waals surface area (Å²) < 4.78 is 13.5. The number of benzene rings is 1. The van der Waals surface area contributed by atoms with E-state index in [0.717, 1.165) is 0 Å². The molecule has 0 saturated heterocycles. The Kier molecular flexibility index (Phi) is 3.60. The molecule has 1 heterocycles. The summed E-state index contributed by atoms with van der Waals surface area (Å²) >= 11 is 0. The number of halogens is 1. The number of nitrogens with two attached hydrogens (primary N) is 1. The molecule has 0 atom stereocenters. The molecule has 104 valence electrons. The Morgan fingerprint density at radius 3 is 2.65 bits per heavy atom. The molecular formula is C11H11FN6O2. The maximum absolute atomic E-state index is 13.5. The molecule has 0 unspecified atom stereocenters. The van der Waals surface area contributed by atoms with Crippen LogP contribution in [0, 0.1) is 15.9 Å². The van der Waals surface area contributed by atoms with Crippen molar-refractivity contribution in [1.82, 2.24) is 9.97 Å². The van der Waals surface area contributed by atoms with Gasteiger partial charge in [0.15, 0.2) is 0 Å². The molecular weight excluding hydrogens is 267 g/mol. The maximum Gasteiger partial charge on any atom is 0.353 e. The smallest absolute Gasteiger partial charge is 0.353 e. The number of hydrogen-bond acceptors (Lipinski definition) is 7. The highest BCUT2D eigenvalue weighted by molar-refractivity contribution is 5.71. The van der Waals surface area contributed by atoms with Gasteiger partial charge >= 0.3 is 5.69 Å². The second kappa shape index (κ2) is 5.34. The third-order valence-corrected chi connectivity index (χ3v) is 2.45. The second-order valence-electron chi connectivity index (χ2n) is 3.74. The van der Waals surface area contributed by atoms with E-state index in [4.69, 9.17) is 5.73 Å². The summed E-state index contributed by atoms with van der Waals surface area (Å²) in [5.74, 6) is -0.906. The second-order valence-corrected chi connectivity index (χ2v) is 3.74. The quantitative estimate of drug-likeness (QED) is 0.577. The van der Waals surface area contributed by atoms with E-state index in [-0.39, 0.29) is 23.3 Å². The normalized spacial score (nSPS) is 10.1. The van der Waals surface area contributed by atoms with Crippen molar-refractivity contribution >= 4 is 29.0 Å². The van der Waals surface area contributed by atoms with E-state index < -0.39 is 16.4 Å². The fourth-order valence-corrected chi connectivity index (χ4v) is 1.57. The van der Waals surface area contributed by atoms with Gasteiger partial charge in [-0.15, -0.1) is 0 Å². The highest BCUT2D eigenvalue weighted by atomic mass is 19.1. The van der Waals surface area contributed by atoms with Gasteiger partial charge in [-0.2, -0.15) is 9.97 Å². The molecule has 0 aliphatic rings. The van der Waals surface area contributed by atoms with Gasteiger partial charge in [-0.05, 0) is 12.1 Å². The van der Waals surface area contributed by atoms with Crippen LogP contribution in [0.4, 0.5) is 33.3 Å². The molecule has 20 heavy (non-hydrogen) atoms. The molecule has 0 saturated carbocycles. The van der Waals surface area contributed by atoms with Crippen molar-refractivity contribution in [3.8, 4) is 0 Å². The summed E-state index contributed by atoms with van der Waals surface area (Å²) in [6.45, 7) is 0. The largest absolute Gasteiger partial charge is 0.378 e. The van der Waals surface area contributed by atoms with Gasteiger partial charge in [0, 0.05) is 7.05 Å². The number of nitrogens with one attached hydrogen (secondary N) is 2. The molecule has 0 aliphatic heterocycles. The van der Waals surface area contributed by atoms with Crippen LogP contribution in [0.2, 0.25) is 0 Å². The summed E-state index contributed by atoms with van der Waals surface area (Å²) in [5, 5.41) is 16.0. The molecule has 0 fully saturated rings. The molecule has 2 rings (SSSR count). The molecule has 0 bridgehead atoms. The molecule has 0 radical (unpaired) electrons. The summed E-state index contributed by atoms with van der Waals surface area (Å²) in [6, 6.07) is 5.90. The lowest BCUT2D eigenvalue weighted by atomic mass is 10.3. The van der Waals surface area contributed by atoms with Crippen molar-refractivity contribution in [1.29, 1.82) is 0 Å². The van der Waals surface area contributed by atoms with Gasteiger partial charge in [0.05, 0.1) is 10.6 Å². The van der Waals surface area contributed by atoms with Crippen LogP contribution in [0.25, 0.3) is 0 Å². The Hall–Kier alpha value is -2.97. The molecule has 2 aromatic rings. The molecule has 0 amide bonds. The molecule has 9 heteroatoms. The minimum Gasteiger partial charge on any atom is -0.378 e. The van der Waals surface area contributed by atoms with Crippen molar-refractivity contribution in [2.45, 2.75) is 0 Å². The number of para-hydroxylation sites is 1. The van der Waals surface area contributed by atoms with Crippen molar-refractivity contribution in [2.24, 2.45) is 0 Å². The Morgan fingerprint density at radius 2 is 2.05 bits per heavy atom. The van der Waals surface area contributed by atoms with E-state index >= 15 is 0 Å². The SMILES string of the molecule is CNc1nc(Nc2ccccc2F)nc(N)c1[N+](=O)[O-]. The van der Waals surface area contributed by atoms with Crippen LogP contribution >= 0.6 is 0 Å². The molecule has 0 aliphatic carbocycles. The van der Waals surface area contributed by atoms with E-state index in [1.54, 1.807) is 6.07 Å². The molecule has 8 nitrogen and oxygen atoms in total. The van der Waals surface area contributed by atoms with E-state index in [0.29, 0.717) is 0 Å². The Bertz CT molecular complexity index is 663. The van der Waals surface area contributed by atoms with Crippen LogP contribution < -0.4 is 16.4 Å².